The molecule has 100 valence electrons. The Bertz CT molecular complexity index is 700. The minimum Gasteiger partial charge on any atom is -0.455 e. The molecule has 0 spiro atoms. The van der Waals surface area contributed by atoms with Crippen molar-refractivity contribution in [1.82, 2.24) is 15.1 Å². The van der Waals surface area contributed by atoms with Gasteiger partial charge in [0.25, 0.3) is 0 Å². The van der Waals surface area contributed by atoms with E-state index in [4.69, 9.17) is 20.9 Å². The van der Waals surface area contributed by atoms with Gasteiger partial charge in [-0.1, -0.05) is 23.4 Å². The molecular weight excluding hydrogens is 278 g/mol. The van der Waals surface area contributed by atoms with Crippen LogP contribution in [-0.2, 0) is 5.88 Å². The van der Waals surface area contributed by atoms with Gasteiger partial charge in [0.1, 0.15) is 11.6 Å². The Kier molecular flexibility index (Phi) is 3.60. The van der Waals surface area contributed by atoms with Gasteiger partial charge in [0.15, 0.2) is 5.75 Å². The molecule has 2 heterocycles. The molecule has 5 nitrogen and oxygen atoms in total. The number of pyridine rings is 1. The first-order valence-corrected chi connectivity index (χ1v) is 6.46. The zero-order valence-corrected chi connectivity index (χ0v) is 11.1. The number of para-hydroxylation sites is 1. The molecule has 6 heteroatoms. The molecule has 0 aliphatic carbocycles. The Morgan fingerprint density at radius 3 is 2.75 bits per heavy atom. The van der Waals surface area contributed by atoms with Gasteiger partial charge in [0, 0.05) is 6.20 Å². The van der Waals surface area contributed by atoms with Gasteiger partial charge in [-0.2, -0.15) is 4.98 Å². The molecule has 0 unspecified atom stereocenters. The monoisotopic (exact) mass is 287 g/mol. The molecule has 1 aromatic carbocycles. The van der Waals surface area contributed by atoms with E-state index in [0.717, 1.165) is 0 Å². The standard InChI is InChI=1S/C14H10ClN3O2/c15-8-13-17-14(18-20-13)11-6-7-16-9-12(11)19-10-4-2-1-3-5-10/h1-7,9H,8H2. The van der Waals surface area contributed by atoms with E-state index < -0.39 is 0 Å². The van der Waals surface area contributed by atoms with Crippen molar-refractivity contribution in [3.8, 4) is 22.9 Å². The summed E-state index contributed by atoms with van der Waals surface area (Å²) in [4.78, 5) is 8.24. The lowest BCUT2D eigenvalue weighted by molar-refractivity contribution is 0.390. The summed E-state index contributed by atoms with van der Waals surface area (Å²) in [5.41, 5.74) is 0.698. The number of nitrogens with zero attached hydrogens (tertiary/aromatic N) is 3. The number of alkyl halides is 1. The SMILES string of the molecule is ClCc1nc(-c2ccncc2Oc2ccccc2)no1. The Balaban J connectivity index is 1.96. The Hall–Kier alpha value is -2.40. The third kappa shape index (κ3) is 2.62. The maximum absolute atomic E-state index is 5.79. The number of hydrogen-bond donors (Lipinski definition) is 0. The Morgan fingerprint density at radius 1 is 1.15 bits per heavy atom. The quantitative estimate of drug-likeness (QED) is 0.685. The van der Waals surface area contributed by atoms with Crippen LogP contribution in [0, 0.1) is 0 Å². The number of aromatic nitrogens is 3. The lowest BCUT2D eigenvalue weighted by Crippen LogP contribution is -1.90. The molecule has 0 radical (unpaired) electrons. The first kappa shape index (κ1) is 12.6. The highest BCUT2D eigenvalue weighted by Crippen LogP contribution is 2.30. The third-order valence-electron chi connectivity index (χ3n) is 2.58. The molecule has 0 bridgehead atoms. The average Bonchev–Trinajstić information content (AvgIpc) is 2.98. The molecule has 0 aliphatic rings. The van der Waals surface area contributed by atoms with Crippen LogP contribution in [0.5, 0.6) is 11.5 Å². The molecule has 0 N–H and O–H groups in total. The second-order valence-electron chi connectivity index (χ2n) is 3.93. The van der Waals surface area contributed by atoms with Gasteiger partial charge in [-0.05, 0) is 18.2 Å². The van der Waals surface area contributed by atoms with Crippen LogP contribution in [0.3, 0.4) is 0 Å². The first-order chi connectivity index (χ1) is 9.86. The molecule has 0 amide bonds. The predicted octanol–water partition coefficient (Wildman–Crippen LogP) is 3.66. The van der Waals surface area contributed by atoms with Gasteiger partial charge < -0.3 is 9.26 Å². The van der Waals surface area contributed by atoms with Crippen molar-refractivity contribution in [2.75, 3.05) is 0 Å². The summed E-state index contributed by atoms with van der Waals surface area (Å²) >= 11 is 5.66. The fourth-order valence-electron chi connectivity index (χ4n) is 1.68. The normalized spacial score (nSPS) is 10.4. The first-order valence-electron chi connectivity index (χ1n) is 5.92. The molecule has 2 aromatic heterocycles. The number of hydrogen-bond acceptors (Lipinski definition) is 5. The second kappa shape index (κ2) is 5.71. The zero-order chi connectivity index (χ0) is 13.8. The fraction of sp³-hybridized carbons (Fsp3) is 0.0714. The number of halogens is 1. The van der Waals surface area contributed by atoms with Crippen LogP contribution in [-0.4, -0.2) is 15.1 Å². The highest BCUT2D eigenvalue weighted by molar-refractivity contribution is 6.16. The summed E-state index contributed by atoms with van der Waals surface area (Å²) in [5.74, 6) is 2.23. The Labute approximate surface area is 120 Å². The van der Waals surface area contributed by atoms with E-state index in [2.05, 4.69) is 15.1 Å². The maximum atomic E-state index is 5.79. The highest BCUT2D eigenvalue weighted by Gasteiger charge is 2.13. The highest BCUT2D eigenvalue weighted by atomic mass is 35.5. The molecule has 0 saturated carbocycles. The molecule has 0 atom stereocenters. The van der Waals surface area contributed by atoms with Crippen LogP contribution in [0.15, 0.2) is 53.3 Å². The van der Waals surface area contributed by atoms with Crippen molar-refractivity contribution >= 4 is 11.6 Å². The van der Waals surface area contributed by atoms with E-state index >= 15 is 0 Å². The molecule has 3 aromatic rings. The van der Waals surface area contributed by atoms with Crippen molar-refractivity contribution in [2.45, 2.75) is 5.88 Å². The van der Waals surface area contributed by atoms with Gasteiger partial charge in [-0.25, -0.2) is 0 Å². The minimum absolute atomic E-state index is 0.174. The summed E-state index contributed by atoms with van der Waals surface area (Å²) in [7, 11) is 0. The summed E-state index contributed by atoms with van der Waals surface area (Å²) in [5, 5.41) is 3.88. The smallest absolute Gasteiger partial charge is 0.241 e. The largest absolute Gasteiger partial charge is 0.455 e. The maximum Gasteiger partial charge on any atom is 0.241 e. The number of benzene rings is 1. The van der Waals surface area contributed by atoms with Gasteiger partial charge in [0.2, 0.25) is 11.7 Å². The Morgan fingerprint density at radius 2 is 2.00 bits per heavy atom. The van der Waals surface area contributed by atoms with Crippen LogP contribution in [0.25, 0.3) is 11.4 Å². The number of ether oxygens (including phenoxy) is 1. The molecular formula is C14H10ClN3O2. The topological polar surface area (TPSA) is 61.0 Å². The molecule has 0 aliphatic heterocycles. The van der Waals surface area contributed by atoms with Gasteiger partial charge in [0.05, 0.1) is 11.8 Å². The second-order valence-corrected chi connectivity index (χ2v) is 4.20. The fourth-order valence-corrected chi connectivity index (χ4v) is 1.79. The zero-order valence-electron chi connectivity index (χ0n) is 10.4. The van der Waals surface area contributed by atoms with Crippen LogP contribution in [0.1, 0.15) is 5.89 Å². The summed E-state index contributed by atoms with van der Waals surface area (Å²) in [6.45, 7) is 0. The molecule has 3 rings (SSSR count). The molecule has 0 fully saturated rings. The van der Waals surface area contributed by atoms with E-state index in [1.165, 1.54) is 0 Å². The lowest BCUT2D eigenvalue weighted by Gasteiger charge is -2.07. The van der Waals surface area contributed by atoms with E-state index in [1.54, 1.807) is 18.5 Å². The molecule has 20 heavy (non-hydrogen) atoms. The van der Waals surface area contributed by atoms with E-state index in [0.29, 0.717) is 28.8 Å². The lowest BCUT2D eigenvalue weighted by atomic mass is 10.2. The summed E-state index contributed by atoms with van der Waals surface area (Å²) in [6, 6.07) is 11.2. The van der Waals surface area contributed by atoms with Crippen molar-refractivity contribution < 1.29 is 9.26 Å². The van der Waals surface area contributed by atoms with Crippen LogP contribution >= 0.6 is 11.6 Å². The van der Waals surface area contributed by atoms with E-state index in [9.17, 15) is 0 Å². The van der Waals surface area contributed by atoms with Gasteiger partial charge in [-0.15, -0.1) is 11.6 Å². The van der Waals surface area contributed by atoms with Gasteiger partial charge >= 0.3 is 0 Å². The van der Waals surface area contributed by atoms with Crippen LogP contribution < -0.4 is 4.74 Å². The van der Waals surface area contributed by atoms with Crippen LogP contribution in [0.4, 0.5) is 0 Å². The van der Waals surface area contributed by atoms with Gasteiger partial charge in [-0.3, -0.25) is 4.98 Å². The van der Waals surface area contributed by atoms with Crippen LogP contribution in [0.2, 0.25) is 0 Å². The number of rotatable bonds is 4. The molecule has 0 saturated heterocycles. The summed E-state index contributed by atoms with van der Waals surface area (Å²) < 4.78 is 10.8. The van der Waals surface area contributed by atoms with E-state index in [1.807, 2.05) is 30.3 Å². The summed E-state index contributed by atoms with van der Waals surface area (Å²) in [6.07, 6.45) is 3.25. The average molecular weight is 288 g/mol. The van der Waals surface area contributed by atoms with Crippen molar-refractivity contribution in [1.29, 1.82) is 0 Å². The predicted molar refractivity (Wildman–Crippen MR) is 73.6 cm³/mol. The minimum atomic E-state index is 0.174. The van der Waals surface area contributed by atoms with E-state index in [-0.39, 0.29) is 5.88 Å². The third-order valence-corrected chi connectivity index (χ3v) is 2.81. The van der Waals surface area contributed by atoms with Crippen molar-refractivity contribution in [3.05, 3.63) is 54.7 Å². The van der Waals surface area contributed by atoms with Crippen molar-refractivity contribution in [2.24, 2.45) is 0 Å². The van der Waals surface area contributed by atoms with Crippen molar-refractivity contribution in [3.63, 3.8) is 0 Å².